The Labute approximate surface area is 174 Å². The first-order valence-corrected chi connectivity index (χ1v) is 9.85. The lowest BCUT2D eigenvalue weighted by molar-refractivity contribution is -0.122. The number of nitrogens with one attached hydrogen (secondary N) is 1. The number of imide groups is 2. The standard InChI is InChI=1S/C24H23N3O3/c1-14(2)26-13-17(19-7-5-6-8-21(19)26)12-20-22(28)25-24(30)27(23(20)29)18-10-15(3)9-16(4)11-18/h5-14H,1-4H3,(H,25,28,30)/b20-12+. The van der Waals surface area contributed by atoms with Crippen LogP contribution in [0.15, 0.2) is 54.2 Å². The Morgan fingerprint density at radius 2 is 1.63 bits per heavy atom. The van der Waals surface area contributed by atoms with Gasteiger partial charge in [-0.1, -0.05) is 24.3 Å². The predicted octanol–water partition coefficient (Wildman–Crippen LogP) is 4.51. The molecule has 0 bridgehead atoms. The van der Waals surface area contributed by atoms with Crippen molar-refractivity contribution < 1.29 is 14.4 Å². The molecule has 1 saturated heterocycles. The Hall–Kier alpha value is -3.67. The fourth-order valence-electron chi connectivity index (χ4n) is 3.90. The van der Waals surface area contributed by atoms with E-state index >= 15 is 0 Å². The van der Waals surface area contributed by atoms with Crippen LogP contribution in [0.25, 0.3) is 17.0 Å². The summed E-state index contributed by atoms with van der Waals surface area (Å²) in [4.78, 5) is 39.3. The van der Waals surface area contributed by atoms with Crippen molar-refractivity contribution >= 4 is 40.5 Å². The smallest absolute Gasteiger partial charge is 0.335 e. The van der Waals surface area contributed by atoms with Gasteiger partial charge in [0.25, 0.3) is 11.8 Å². The van der Waals surface area contributed by atoms with E-state index in [2.05, 4.69) is 23.7 Å². The van der Waals surface area contributed by atoms with E-state index < -0.39 is 17.8 Å². The molecule has 1 N–H and O–H groups in total. The monoisotopic (exact) mass is 401 g/mol. The Morgan fingerprint density at radius 1 is 0.967 bits per heavy atom. The second kappa shape index (κ2) is 7.30. The lowest BCUT2D eigenvalue weighted by Crippen LogP contribution is -2.54. The van der Waals surface area contributed by atoms with E-state index in [4.69, 9.17) is 0 Å². The Morgan fingerprint density at radius 3 is 2.30 bits per heavy atom. The quantitative estimate of drug-likeness (QED) is 0.519. The molecule has 6 nitrogen and oxygen atoms in total. The van der Waals surface area contributed by atoms with Crippen LogP contribution in [0, 0.1) is 13.8 Å². The van der Waals surface area contributed by atoms with Crippen molar-refractivity contribution in [2.24, 2.45) is 0 Å². The fraction of sp³-hybridized carbons (Fsp3) is 0.208. The third-order valence-corrected chi connectivity index (χ3v) is 5.19. The lowest BCUT2D eigenvalue weighted by atomic mass is 10.0. The van der Waals surface area contributed by atoms with Gasteiger partial charge in [0.1, 0.15) is 5.57 Å². The van der Waals surface area contributed by atoms with Crippen molar-refractivity contribution in [3.8, 4) is 0 Å². The molecule has 30 heavy (non-hydrogen) atoms. The number of rotatable bonds is 3. The molecule has 0 atom stereocenters. The molecule has 4 amide bonds. The van der Waals surface area contributed by atoms with Crippen LogP contribution in [0.4, 0.5) is 10.5 Å². The third kappa shape index (κ3) is 3.30. The summed E-state index contributed by atoms with van der Waals surface area (Å²) in [5, 5.41) is 3.24. The first-order chi connectivity index (χ1) is 14.3. The molecule has 1 fully saturated rings. The number of anilines is 1. The molecule has 1 aliphatic heterocycles. The maximum absolute atomic E-state index is 13.2. The summed E-state index contributed by atoms with van der Waals surface area (Å²) in [6.45, 7) is 7.93. The minimum Gasteiger partial charge on any atom is -0.344 e. The highest BCUT2D eigenvalue weighted by molar-refractivity contribution is 6.39. The van der Waals surface area contributed by atoms with Gasteiger partial charge in [-0.15, -0.1) is 0 Å². The molecular formula is C24H23N3O3. The zero-order chi connectivity index (χ0) is 21.6. The number of aryl methyl sites for hydroxylation is 2. The van der Waals surface area contributed by atoms with E-state index in [0.717, 1.165) is 32.5 Å². The van der Waals surface area contributed by atoms with Gasteiger partial charge in [-0.05, 0) is 63.1 Å². The highest BCUT2D eigenvalue weighted by atomic mass is 16.2. The van der Waals surface area contributed by atoms with E-state index in [9.17, 15) is 14.4 Å². The van der Waals surface area contributed by atoms with E-state index in [1.807, 2.05) is 50.4 Å². The molecule has 152 valence electrons. The predicted molar refractivity (Wildman–Crippen MR) is 117 cm³/mol. The number of hydrogen-bond donors (Lipinski definition) is 1. The maximum Gasteiger partial charge on any atom is 0.335 e. The lowest BCUT2D eigenvalue weighted by Gasteiger charge is -2.27. The minimum absolute atomic E-state index is 0.0691. The molecule has 0 saturated carbocycles. The van der Waals surface area contributed by atoms with Crippen molar-refractivity contribution in [3.63, 3.8) is 0 Å². The van der Waals surface area contributed by atoms with Crippen LogP contribution in [-0.4, -0.2) is 22.4 Å². The van der Waals surface area contributed by atoms with Gasteiger partial charge in [-0.3, -0.25) is 14.9 Å². The Bertz CT molecular complexity index is 1210. The normalized spacial score (nSPS) is 16.1. The number of benzene rings is 2. The second-order valence-corrected chi connectivity index (χ2v) is 7.91. The molecule has 1 aromatic heterocycles. The highest BCUT2D eigenvalue weighted by Gasteiger charge is 2.37. The van der Waals surface area contributed by atoms with Crippen molar-refractivity contribution in [3.05, 3.63) is 70.9 Å². The molecule has 3 aromatic rings. The molecule has 6 heteroatoms. The van der Waals surface area contributed by atoms with Crippen LogP contribution in [0.3, 0.4) is 0 Å². The number of urea groups is 1. The van der Waals surface area contributed by atoms with Crippen LogP contribution >= 0.6 is 0 Å². The van der Waals surface area contributed by atoms with E-state index in [0.29, 0.717) is 5.69 Å². The first kappa shape index (κ1) is 19.6. The summed E-state index contributed by atoms with van der Waals surface area (Å²) < 4.78 is 2.10. The van der Waals surface area contributed by atoms with Crippen LogP contribution in [-0.2, 0) is 9.59 Å². The van der Waals surface area contributed by atoms with Crippen LogP contribution in [0.2, 0.25) is 0 Å². The number of aromatic nitrogens is 1. The van der Waals surface area contributed by atoms with Crippen LogP contribution in [0.1, 0.15) is 36.6 Å². The fourth-order valence-corrected chi connectivity index (χ4v) is 3.90. The van der Waals surface area contributed by atoms with Gasteiger partial charge in [0, 0.05) is 28.7 Å². The van der Waals surface area contributed by atoms with Gasteiger partial charge >= 0.3 is 6.03 Å². The van der Waals surface area contributed by atoms with Gasteiger partial charge < -0.3 is 4.57 Å². The summed E-state index contributed by atoms with van der Waals surface area (Å²) in [5.74, 6) is -1.32. The van der Waals surface area contributed by atoms with Gasteiger partial charge in [0.2, 0.25) is 0 Å². The molecule has 0 spiro atoms. The molecular weight excluding hydrogens is 378 g/mol. The number of carbonyl (C=O) groups excluding carboxylic acids is 3. The molecule has 2 heterocycles. The van der Waals surface area contributed by atoms with Crippen molar-refractivity contribution in [2.45, 2.75) is 33.7 Å². The first-order valence-electron chi connectivity index (χ1n) is 9.85. The maximum atomic E-state index is 13.2. The van der Waals surface area contributed by atoms with Gasteiger partial charge in [-0.25, -0.2) is 9.69 Å². The van der Waals surface area contributed by atoms with Crippen molar-refractivity contribution in [1.29, 1.82) is 0 Å². The number of carbonyl (C=O) groups is 3. The van der Waals surface area contributed by atoms with Gasteiger partial charge in [0.05, 0.1) is 5.69 Å². The zero-order valence-corrected chi connectivity index (χ0v) is 17.4. The SMILES string of the molecule is Cc1cc(C)cc(N2C(=O)NC(=O)/C(=C\c3cn(C(C)C)c4ccccc34)C2=O)c1. The van der Waals surface area contributed by atoms with E-state index in [-0.39, 0.29) is 11.6 Å². The van der Waals surface area contributed by atoms with Crippen molar-refractivity contribution in [2.75, 3.05) is 4.90 Å². The Kier molecular flexibility index (Phi) is 4.78. The third-order valence-electron chi connectivity index (χ3n) is 5.19. The molecule has 4 rings (SSSR count). The second-order valence-electron chi connectivity index (χ2n) is 7.91. The highest BCUT2D eigenvalue weighted by Crippen LogP contribution is 2.29. The summed E-state index contributed by atoms with van der Waals surface area (Å²) >= 11 is 0. The van der Waals surface area contributed by atoms with Crippen molar-refractivity contribution in [1.82, 2.24) is 9.88 Å². The molecule has 1 aliphatic rings. The molecule has 2 aromatic carbocycles. The summed E-state index contributed by atoms with van der Waals surface area (Å²) in [6.07, 6.45) is 3.50. The number of hydrogen-bond acceptors (Lipinski definition) is 3. The summed E-state index contributed by atoms with van der Waals surface area (Å²) in [7, 11) is 0. The topological polar surface area (TPSA) is 71.4 Å². The molecule has 0 unspecified atom stereocenters. The summed E-state index contributed by atoms with van der Waals surface area (Å²) in [6, 6.07) is 12.8. The van der Waals surface area contributed by atoms with Gasteiger partial charge in [-0.2, -0.15) is 0 Å². The zero-order valence-electron chi connectivity index (χ0n) is 17.4. The van der Waals surface area contributed by atoms with E-state index in [1.165, 1.54) is 0 Å². The molecule has 0 aliphatic carbocycles. The number of amides is 4. The summed E-state index contributed by atoms with van der Waals surface area (Å²) in [5.41, 5.74) is 4.00. The Balaban J connectivity index is 1.83. The number of fused-ring (bicyclic) bond motifs is 1. The number of para-hydroxylation sites is 1. The average molecular weight is 401 g/mol. The minimum atomic E-state index is -0.739. The van der Waals surface area contributed by atoms with E-state index in [1.54, 1.807) is 18.2 Å². The van der Waals surface area contributed by atoms with Gasteiger partial charge in [0.15, 0.2) is 0 Å². The average Bonchev–Trinajstić information content (AvgIpc) is 3.03. The largest absolute Gasteiger partial charge is 0.344 e. The number of barbiturate groups is 1. The van der Waals surface area contributed by atoms with Crippen LogP contribution in [0.5, 0.6) is 0 Å². The van der Waals surface area contributed by atoms with Crippen LogP contribution < -0.4 is 10.2 Å². The number of nitrogens with zero attached hydrogens (tertiary/aromatic N) is 2. The molecule has 0 radical (unpaired) electrons.